The van der Waals surface area contributed by atoms with Gasteiger partial charge in [0.2, 0.25) is 5.91 Å². The fourth-order valence-electron chi connectivity index (χ4n) is 4.18. The summed E-state index contributed by atoms with van der Waals surface area (Å²) in [6.07, 6.45) is -1.99. The number of hydrogen-bond acceptors (Lipinski definition) is 6. The van der Waals surface area contributed by atoms with Crippen molar-refractivity contribution < 1.29 is 32.6 Å². The molecule has 1 aromatic rings. The molecule has 3 aliphatic rings. The number of anilines is 1. The molecule has 3 aliphatic heterocycles. The predicted octanol–water partition coefficient (Wildman–Crippen LogP) is 1.85. The molecular formula is C20H24F3N3O4. The van der Waals surface area contributed by atoms with E-state index in [0.717, 1.165) is 5.56 Å². The lowest BCUT2D eigenvalue weighted by atomic mass is 9.91. The number of β-amino-alcohol motifs (C(OH)–C–C–N with tert-alkyl or cyclic N) is 1. The largest absolute Gasteiger partial charge is 0.465 e. The van der Waals surface area contributed by atoms with Gasteiger partial charge in [0.15, 0.2) is 5.60 Å². The summed E-state index contributed by atoms with van der Waals surface area (Å²) < 4.78 is 43.8. The SMILES string of the molecule is O=C1C[C@H](CCC(=O)N2CC(c3ccc(N4CCC(O)(C(F)(F)F)C4)nc3)C2)CO1. The van der Waals surface area contributed by atoms with Crippen LogP contribution in [-0.2, 0) is 14.3 Å². The van der Waals surface area contributed by atoms with Crippen molar-refractivity contribution in [1.29, 1.82) is 0 Å². The number of ether oxygens (including phenoxy) is 1. The molecule has 4 rings (SSSR count). The first-order valence-corrected chi connectivity index (χ1v) is 10.1. The molecule has 4 heterocycles. The van der Waals surface area contributed by atoms with E-state index >= 15 is 0 Å². The molecule has 1 unspecified atom stereocenters. The first-order chi connectivity index (χ1) is 14.1. The van der Waals surface area contributed by atoms with E-state index in [0.29, 0.717) is 44.8 Å². The van der Waals surface area contributed by atoms with Crippen molar-refractivity contribution in [2.45, 2.75) is 43.4 Å². The fourth-order valence-corrected chi connectivity index (χ4v) is 4.18. The summed E-state index contributed by atoms with van der Waals surface area (Å²) in [5, 5.41) is 9.80. The molecule has 3 saturated heterocycles. The van der Waals surface area contributed by atoms with Crippen LogP contribution in [0.4, 0.5) is 19.0 Å². The summed E-state index contributed by atoms with van der Waals surface area (Å²) in [6, 6.07) is 3.49. The second kappa shape index (κ2) is 7.72. The molecule has 2 atom stereocenters. The van der Waals surface area contributed by atoms with Gasteiger partial charge >= 0.3 is 12.1 Å². The van der Waals surface area contributed by atoms with Gasteiger partial charge in [0.05, 0.1) is 19.6 Å². The number of rotatable bonds is 5. The van der Waals surface area contributed by atoms with Gasteiger partial charge in [-0.25, -0.2) is 4.98 Å². The Balaban J connectivity index is 1.25. The number of carbonyl (C=O) groups is 2. The van der Waals surface area contributed by atoms with Gasteiger partial charge in [-0.05, 0) is 18.1 Å². The van der Waals surface area contributed by atoms with E-state index in [2.05, 4.69) is 4.98 Å². The lowest BCUT2D eigenvalue weighted by Gasteiger charge is -2.39. The zero-order chi connectivity index (χ0) is 21.5. The van der Waals surface area contributed by atoms with Crippen LogP contribution in [0.25, 0.3) is 0 Å². The van der Waals surface area contributed by atoms with E-state index in [1.54, 1.807) is 17.2 Å². The molecule has 1 amide bonds. The second-order valence-corrected chi connectivity index (χ2v) is 8.44. The van der Waals surface area contributed by atoms with Gasteiger partial charge in [-0.3, -0.25) is 9.59 Å². The summed E-state index contributed by atoms with van der Waals surface area (Å²) in [7, 11) is 0. The number of nitrogens with zero attached hydrogens (tertiary/aromatic N) is 3. The van der Waals surface area contributed by atoms with Crippen molar-refractivity contribution in [2.24, 2.45) is 5.92 Å². The number of alkyl halides is 3. The van der Waals surface area contributed by atoms with Gasteiger partial charge in [0.1, 0.15) is 5.82 Å². The van der Waals surface area contributed by atoms with Gasteiger partial charge < -0.3 is 19.6 Å². The molecule has 1 N–H and O–H groups in total. The van der Waals surface area contributed by atoms with Gasteiger partial charge in [-0.1, -0.05) is 6.07 Å². The minimum atomic E-state index is -4.66. The topological polar surface area (TPSA) is 83.0 Å². The second-order valence-electron chi connectivity index (χ2n) is 8.44. The molecule has 0 aromatic carbocycles. The molecule has 7 nitrogen and oxygen atoms in total. The molecule has 10 heteroatoms. The van der Waals surface area contributed by atoms with Crippen molar-refractivity contribution in [1.82, 2.24) is 9.88 Å². The number of hydrogen-bond donors (Lipinski definition) is 1. The van der Waals surface area contributed by atoms with E-state index in [9.17, 15) is 27.9 Å². The highest BCUT2D eigenvalue weighted by molar-refractivity contribution is 5.77. The van der Waals surface area contributed by atoms with E-state index in [1.165, 1.54) is 4.90 Å². The van der Waals surface area contributed by atoms with E-state index in [1.807, 2.05) is 6.07 Å². The number of aromatic nitrogens is 1. The van der Waals surface area contributed by atoms with E-state index in [4.69, 9.17) is 4.74 Å². The van der Waals surface area contributed by atoms with Gasteiger partial charge in [0, 0.05) is 50.5 Å². The number of aliphatic hydroxyl groups is 1. The summed E-state index contributed by atoms with van der Waals surface area (Å²) >= 11 is 0. The van der Waals surface area contributed by atoms with Crippen molar-refractivity contribution >= 4 is 17.7 Å². The van der Waals surface area contributed by atoms with Crippen LogP contribution < -0.4 is 4.90 Å². The number of cyclic esters (lactones) is 1. The predicted molar refractivity (Wildman–Crippen MR) is 99.7 cm³/mol. The Kier molecular flexibility index (Phi) is 5.37. The fraction of sp³-hybridized carbons (Fsp3) is 0.650. The van der Waals surface area contributed by atoms with Gasteiger partial charge in [0.25, 0.3) is 0 Å². The third-order valence-electron chi connectivity index (χ3n) is 6.28. The zero-order valence-corrected chi connectivity index (χ0v) is 16.4. The Hall–Kier alpha value is -2.36. The molecule has 164 valence electrons. The van der Waals surface area contributed by atoms with E-state index < -0.39 is 18.3 Å². The summed E-state index contributed by atoms with van der Waals surface area (Å²) in [5.41, 5.74) is -1.76. The number of likely N-dealkylation sites (tertiary alicyclic amines) is 1. The molecule has 0 bridgehead atoms. The third-order valence-corrected chi connectivity index (χ3v) is 6.28. The van der Waals surface area contributed by atoms with Crippen LogP contribution in [0.15, 0.2) is 18.3 Å². The maximum atomic E-state index is 13.0. The number of amides is 1. The van der Waals surface area contributed by atoms with Crippen LogP contribution in [0, 0.1) is 5.92 Å². The number of halogens is 3. The van der Waals surface area contributed by atoms with Crippen LogP contribution in [-0.4, -0.2) is 71.4 Å². The standard InChI is InChI=1S/C20H24F3N3O4/c21-20(22,23)19(29)5-6-25(12-19)16-3-2-14(8-24-16)15-9-26(10-15)17(27)4-1-13-7-18(28)30-11-13/h2-3,8,13,15,29H,1,4-7,9-12H2/t13-,19?/m0/s1. The van der Waals surface area contributed by atoms with Crippen molar-refractivity contribution in [3.63, 3.8) is 0 Å². The Morgan fingerprint density at radius 3 is 2.67 bits per heavy atom. The minimum Gasteiger partial charge on any atom is -0.465 e. The Morgan fingerprint density at radius 1 is 1.33 bits per heavy atom. The van der Waals surface area contributed by atoms with Crippen molar-refractivity contribution in [3.05, 3.63) is 23.9 Å². The minimum absolute atomic E-state index is 0.0543. The lowest BCUT2D eigenvalue weighted by molar-refractivity contribution is -0.250. The zero-order valence-electron chi connectivity index (χ0n) is 16.4. The lowest BCUT2D eigenvalue weighted by Crippen LogP contribution is -2.48. The molecular weight excluding hydrogens is 403 g/mol. The molecule has 0 aliphatic carbocycles. The number of esters is 1. The summed E-state index contributed by atoms with van der Waals surface area (Å²) in [6.45, 7) is 1.12. The average molecular weight is 427 g/mol. The van der Waals surface area contributed by atoms with Crippen molar-refractivity contribution in [2.75, 3.05) is 37.7 Å². The highest BCUT2D eigenvalue weighted by Gasteiger charge is 2.57. The third kappa shape index (κ3) is 4.10. The Bertz CT molecular complexity index is 811. The van der Waals surface area contributed by atoms with Crippen LogP contribution in [0.2, 0.25) is 0 Å². The number of pyridine rings is 1. The molecule has 3 fully saturated rings. The quantitative estimate of drug-likeness (QED) is 0.723. The maximum Gasteiger partial charge on any atom is 0.418 e. The van der Waals surface area contributed by atoms with Crippen molar-refractivity contribution in [3.8, 4) is 0 Å². The smallest absolute Gasteiger partial charge is 0.418 e. The number of carbonyl (C=O) groups excluding carboxylic acids is 2. The molecule has 1 aromatic heterocycles. The first-order valence-electron chi connectivity index (χ1n) is 10.1. The highest BCUT2D eigenvalue weighted by Crippen LogP contribution is 2.39. The first kappa shape index (κ1) is 20.9. The Morgan fingerprint density at radius 2 is 2.10 bits per heavy atom. The summed E-state index contributed by atoms with van der Waals surface area (Å²) in [4.78, 5) is 30.8. The van der Waals surface area contributed by atoms with Crippen LogP contribution in [0.5, 0.6) is 0 Å². The molecule has 0 saturated carbocycles. The normalized spacial score (nSPS) is 27.3. The van der Waals surface area contributed by atoms with Crippen LogP contribution in [0.1, 0.15) is 37.2 Å². The molecule has 0 spiro atoms. The van der Waals surface area contributed by atoms with Crippen LogP contribution >= 0.6 is 0 Å². The highest BCUT2D eigenvalue weighted by atomic mass is 19.4. The average Bonchev–Trinajstić information content (AvgIpc) is 3.25. The molecule has 0 radical (unpaired) electrons. The maximum absolute atomic E-state index is 13.0. The Labute approximate surface area is 171 Å². The summed E-state index contributed by atoms with van der Waals surface area (Å²) in [5.74, 6) is 0.524. The van der Waals surface area contributed by atoms with E-state index in [-0.39, 0.29) is 36.7 Å². The van der Waals surface area contributed by atoms with Gasteiger partial charge in [-0.15, -0.1) is 0 Å². The van der Waals surface area contributed by atoms with Gasteiger partial charge in [-0.2, -0.15) is 13.2 Å². The molecule has 30 heavy (non-hydrogen) atoms. The monoisotopic (exact) mass is 427 g/mol. The van der Waals surface area contributed by atoms with Crippen LogP contribution in [0.3, 0.4) is 0 Å².